The summed E-state index contributed by atoms with van der Waals surface area (Å²) in [6, 6.07) is 16.6. The van der Waals surface area contributed by atoms with Gasteiger partial charge in [0.15, 0.2) is 0 Å². The van der Waals surface area contributed by atoms with E-state index in [1.165, 1.54) is 0 Å². The van der Waals surface area contributed by atoms with Crippen LogP contribution in [0, 0.1) is 11.8 Å². The second-order valence-corrected chi connectivity index (χ2v) is 8.67. The minimum Gasteiger partial charge on any atom is -0.455 e. The summed E-state index contributed by atoms with van der Waals surface area (Å²) in [7, 11) is 0. The van der Waals surface area contributed by atoms with E-state index >= 15 is 0 Å². The second kappa shape index (κ2) is 12.2. The average molecular weight is 469 g/mol. The van der Waals surface area contributed by atoms with Gasteiger partial charge in [0.1, 0.15) is 6.10 Å². The normalized spacial score (nSPS) is 22.8. The van der Waals surface area contributed by atoms with Crippen LogP contribution in [0.25, 0.3) is 0 Å². The molecule has 0 bridgehead atoms. The summed E-state index contributed by atoms with van der Waals surface area (Å²) in [6.45, 7) is 2.33. The summed E-state index contributed by atoms with van der Waals surface area (Å²) in [4.78, 5) is 37.9. The molecule has 7 heteroatoms. The quantitative estimate of drug-likeness (QED) is 0.504. The molecule has 6 nitrogen and oxygen atoms in total. The zero-order valence-electron chi connectivity index (χ0n) is 18.6. The number of ether oxygens (including phenoxy) is 1. The van der Waals surface area contributed by atoms with Crippen molar-refractivity contribution in [3.8, 4) is 0 Å². The van der Waals surface area contributed by atoms with Gasteiger partial charge < -0.3 is 15.4 Å². The molecule has 174 valence electrons. The number of allylic oxidation sites excluding steroid dienone is 2. The van der Waals surface area contributed by atoms with E-state index < -0.39 is 12.0 Å². The van der Waals surface area contributed by atoms with Crippen LogP contribution in [-0.4, -0.2) is 24.3 Å². The van der Waals surface area contributed by atoms with Crippen LogP contribution in [0.1, 0.15) is 43.4 Å². The predicted octanol–water partition coefficient (Wildman–Crippen LogP) is 4.35. The summed E-state index contributed by atoms with van der Waals surface area (Å²) >= 11 is 5.90. The Balaban J connectivity index is 1.66. The molecule has 0 unspecified atom stereocenters. The molecule has 0 saturated carbocycles. The molecule has 0 fully saturated rings. The molecule has 1 aliphatic rings. The maximum Gasteiger partial charge on any atom is 0.309 e. The zero-order valence-corrected chi connectivity index (χ0v) is 19.4. The van der Waals surface area contributed by atoms with Gasteiger partial charge in [0.2, 0.25) is 11.8 Å². The van der Waals surface area contributed by atoms with Gasteiger partial charge in [0, 0.05) is 18.0 Å². The molecular weight excluding hydrogens is 440 g/mol. The van der Waals surface area contributed by atoms with Crippen molar-refractivity contribution in [2.45, 2.75) is 38.8 Å². The lowest BCUT2D eigenvalue weighted by Crippen LogP contribution is -2.38. The summed E-state index contributed by atoms with van der Waals surface area (Å²) in [5, 5.41) is 6.37. The summed E-state index contributed by atoms with van der Waals surface area (Å²) in [5.41, 5.74) is 1.74. The fraction of sp³-hybridized carbons (Fsp3) is 0.346. The SMILES string of the molecule is C[C@@H]1C/C=C\C[C@@H](CC(=O)NCc2ccc(Cl)cc2)C(=O)NC[C@@H](c2ccccc2)OC1=O. The number of carbonyl (C=O) groups is 3. The maximum absolute atomic E-state index is 12.9. The number of benzene rings is 2. The number of hydrogen-bond donors (Lipinski definition) is 2. The standard InChI is InChI=1S/C26H29ClN2O4/c1-18-7-5-6-10-21(15-24(30)28-16-19-11-13-22(27)14-12-19)25(31)29-17-23(33-26(18)32)20-8-3-2-4-9-20/h2-6,8-9,11-14,18,21,23H,7,10,15-17H2,1H3,(H,28,30)(H,29,31)/b6-5-/t18-,21+,23+/m1/s1. The first-order chi connectivity index (χ1) is 15.9. The largest absolute Gasteiger partial charge is 0.455 e. The highest BCUT2D eigenvalue weighted by molar-refractivity contribution is 6.30. The van der Waals surface area contributed by atoms with Crippen LogP contribution in [0.4, 0.5) is 0 Å². The lowest BCUT2D eigenvalue weighted by atomic mass is 9.97. The van der Waals surface area contributed by atoms with Crippen LogP contribution >= 0.6 is 11.6 Å². The highest BCUT2D eigenvalue weighted by atomic mass is 35.5. The van der Waals surface area contributed by atoms with E-state index in [1.807, 2.05) is 61.5 Å². The number of amides is 2. The van der Waals surface area contributed by atoms with Crippen molar-refractivity contribution < 1.29 is 19.1 Å². The Bertz CT molecular complexity index is 976. The van der Waals surface area contributed by atoms with E-state index in [0.717, 1.165) is 11.1 Å². The third-order valence-electron chi connectivity index (χ3n) is 5.58. The van der Waals surface area contributed by atoms with Crippen molar-refractivity contribution in [2.75, 3.05) is 6.54 Å². The molecule has 2 aromatic rings. The molecule has 0 aliphatic carbocycles. The molecule has 1 aliphatic heterocycles. The highest BCUT2D eigenvalue weighted by Crippen LogP contribution is 2.21. The molecule has 0 saturated heterocycles. The van der Waals surface area contributed by atoms with Crippen LogP contribution in [0.3, 0.4) is 0 Å². The Hall–Kier alpha value is -3.12. The fourth-order valence-corrected chi connectivity index (χ4v) is 3.65. The molecule has 0 aromatic heterocycles. The second-order valence-electron chi connectivity index (χ2n) is 8.23. The Morgan fingerprint density at radius 2 is 1.76 bits per heavy atom. The van der Waals surface area contributed by atoms with Crippen molar-refractivity contribution in [1.82, 2.24) is 10.6 Å². The summed E-state index contributed by atoms with van der Waals surface area (Å²) < 4.78 is 5.71. The van der Waals surface area contributed by atoms with Crippen LogP contribution in [-0.2, 0) is 25.7 Å². The fourth-order valence-electron chi connectivity index (χ4n) is 3.53. The smallest absolute Gasteiger partial charge is 0.309 e. The van der Waals surface area contributed by atoms with E-state index in [9.17, 15) is 14.4 Å². The van der Waals surface area contributed by atoms with Crippen molar-refractivity contribution in [3.63, 3.8) is 0 Å². The molecule has 0 spiro atoms. The topological polar surface area (TPSA) is 84.5 Å². The number of rotatable bonds is 5. The third-order valence-corrected chi connectivity index (χ3v) is 5.83. The van der Waals surface area contributed by atoms with Gasteiger partial charge >= 0.3 is 5.97 Å². The van der Waals surface area contributed by atoms with E-state index in [1.54, 1.807) is 12.1 Å². The first kappa shape index (κ1) is 24.5. The first-order valence-electron chi connectivity index (χ1n) is 11.1. The summed E-state index contributed by atoms with van der Waals surface area (Å²) in [5.74, 6) is -1.57. The Morgan fingerprint density at radius 1 is 1.06 bits per heavy atom. The molecule has 33 heavy (non-hydrogen) atoms. The number of cyclic esters (lactones) is 1. The molecule has 2 N–H and O–H groups in total. The molecule has 0 radical (unpaired) electrons. The predicted molar refractivity (Wildman–Crippen MR) is 127 cm³/mol. The van der Waals surface area contributed by atoms with E-state index in [2.05, 4.69) is 10.6 Å². The monoisotopic (exact) mass is 468 g/mol. The van der Waals surface area contributed by atoms with Gasteiger partial charge in [0.25, 0.3) is 0 Å². The third kappa shape index (κ3) is 7.75. The van der Waals surface area contributed by atoms with E-state index in [-0.39, 0.29) is 36.7 Å². The first-order valence-corrected chi connectivity index (χ1v) is 11.5. The summed E-state index contributed by atoms with van der Waals surface area (Å²) in [6.07, 6.45) is 4.13. The van der Waals surface area contributed by atoms with Crippen LogP contribution in [0.2, 0.25) is 5.02 Å². The molecule has 1 heterocycles. The van der Waals surface area contributed by atoms with Gasteiger partial charge in [-0.25, -0.2) is 0 Å². The number of carbonyl (C=O) groups excluding carboxylic acids is 3. The van der Waals surface area contributed by atoms with Crippen molar-refractivity contribution >= 4 is 29.4 Å². The molecular formula is C26H29ClN2O4. The van der Waals surface area contributed by atoms with Crippen molar-refractivity contribution in [2.24, 2.45) is 11.8 Å². The number of hydrogen-bond acceptors (Lipinski definition) is 4. The van der Waals surface area contributed by atoms with Crippen molar-refractivity contribution in [3.05, 3.63) is 82.9 Å². The van der Waals surface area contributed by atoms with Gasteiger partial charge in [-0.1, -0.05) is 73.1 Å². The van der Waals surface area contributed by atoms with E-state index in [0.29, 0.717) is 24.4 Å². The highest BCUT2D eigenvalue weighted by Gasteiger charge is 2.25. The Morgan fingerprint density at radius 3 is 2.48 bits per heavy atom. The van der Waals surface area contributed by atoms with Crippen molar-refractivity contribution in [1.29, 1.82) is 0 Å². The average Bonchev–Trinajstić information content (AvgIpc) is 2.82. The lowest BCUT2D eigenvalue weighted by molar-refractivity contribution is -0.154. The van der Waals surface area contributed by atoms with Gasteiger partial charge in [-0.15, -0.1) is 0 Å². The molecule has 2 aromatic carbocycles. The number of esters is 1. The lowest BCUT2D eigenvalue weighted by Gasteiger charge is -2.23. The maximum atomic E-state index is 12.9. The van der Waals surface area contributed by atoms with Gasteiger partial charge in [-0.05, 0) is 36.1 Å². The molecule has 3 atom stereocenters. The van der Waals surface area contributed by atoms with Gasteiger partial charge in [-0.3, -0.25) is 14.4 Å². The van der Waals surface area contributed by atoms with Crippen LogP contribution in [0.5, 0.6) is 0 Å². The number of nitrogens with one attached hydrogen (secondary N) is 2. The van der Waals surface area contributed by atoms with Crippen LogP contribution < -0.4 is 10.6 Å². The van der Waals surface area contributed by atoms with E-state index in [4.69, 9.17) is 16.3 Å². The van der Waals surface area contributed by atoms with Gasteiger partial charge in [0.05, 0.1) is 18.4 Å². The Labute approximate surface area is 199 Å². The van der Waals surface area contributed by atoms with Gasteiger partial charge in [-0.2, -0.15) is 0 Å². The minimum atomic E-state index is -0.590. The molecule has 3 rings (SSSR count). The zero-order chi connectivity index (χ0) is 23.6. The van der Waals surface area contributed by atoms with Crippen LogP contribution in [0.15, 0.2) is 66.7 Å². The Kier molecular flexibility index (Phi) is 9.07. The minimum absolute atomic E-state index is 0.0646. The number of halogens is 1. The molecule has 2 amide bonds.